The highest BCUT2D eigenvalue weighted by Crippen LogP contribution is 2.14. The fourth-order valence-electron chi connectivity index (χ4n) is 2.16. The van der Waals surface area contributed by atoms with E-state index in [4.69, 9.17) is 0 Å². The van der Waals surface area contributed by atoms with Crippen molar-refractivity contribution in [2.45, 2.75) is 13.3 Å². The number of carbonyl (C=O) groups is 3. The molecular formula is C12H17N3O3. The van der Waals surface area contributed by atoms with Crippen LogP contribution < -0.4 is 5.32 Å². The Kier molecular flexibility index (Phi) is 3.64. The van der Waals surface area contributed by atoms with Crippen LogP contribution in [0.4, 0.5) is 4.79 Å². The fraction of sp³-hybridized carbons (Fsp3) is 0.583. The van der Waals surface area contributed by atoms with Crippen LogP contribution in [0, 0.1) is 5.92 Å². The number of nitrogens with zero attached hydrogens (tertiary/aromatic N) is 2. The smallest absolute Gasteiger partial charge is 0.317 e. The molecule has 1 unspecified atom stereocenters. The van der Waals surface area contributed by atoms with Crippen molar-refractivity contribution in [3.8, 4) is 0 Å². The average Bonchev–Trinajstić information content (AvgIpc) is 2.89. The van der Waals surface area contributed by atoms with E-state index in [9.17, 15) is 14.4 Å². The van der Waals surface area contributed by atoms with E-state index in [1.54, 1.807) is 4.90 Å². The molecule has 6 nitrogen and oxygen atoms in total. The van der Waals surface area contributed by atoms with Gasteiger partial charge in [-0.05, 0) is 12.3 Å². The third-order valence-corrected chi connectivity index (χ3v) is 3.22. The summed E-state index contributed by atoms with van der Waals surface area (Å²) in [5, 5.41) is 2.73. The van der Waals surface area contributed by atoms with Crippen molar-refractivity contribution in [3.63, 3.8) is 0 Å². The molecule has 1 atom stereocenters. The Morgan fingerprint density at radius 1 is 1.39 bits per heavy atom. The summed E-state index contributed by atoms with van der Waals surface area (Å²) in [5.74, 6) is -0.0882. The first-order valence-electron chi connectivity index (χ1n) is 6.14. The number of imide groups is 1. The van der Waals surface area contributed by atoms with Crippen molar-refractivity contribution in [1.82, 2.24) is 15.1 Å². The lowest BCUT2D eigenvalue weighted by Crippen LogP contribution is -2.43. The van der Waals surface area contributed by atoms with E-state index < -0.39 is 0 Å². The highest BCUT2D eigenvalue weighted by atomic mass is 16.2. The first kappa shape index (κ1) is 12.6. The van der Waals surface area contributed by atoms with E-state index in [2.05, 4.69) is 12.2 Å². The Bertz CT molecular complexity index is 387. The summed E-state index contributed by atoms with van der Waals surface area (Å²) in [6.07, 6.45) is 3.51. The molecule has 1 N–H and O–H groups in total. The predicted molar refractivity (Wildman–Crippen MR) is 64.6 cm³/mol. The predicted octanol–water partition coefficient (Wildman–Crippen LogP) is -0.0372. The molecule has 2 heterocycles. The first-order chi connectivity index (χ1) is 8.58. The van der Waals surface area contributed by atoms with Crippen LogP contribution in [0.25, 0.3) is 0 Å². The largest absolute Gasteiger partial charge is 0.336 e. The maximum Gasteiger partial charge on any atom is 0.317 e. The minimum atomic E-state index is -0.316. The monoisotopic (exact) mass is 251 g/mol. The molecule has 0 bridgehead atoms. The molecule has 0 aromatic carbocycles. The zero-order valence-electron chi connectivity index (χ0n) is 10.4. The summed E-state index contributed by atoms with van der Waals surface area (Å²) in [6, 6.07) is -0.119. The van der Waals surface area contributed by atoms with Crippen LogP contribution in [0.1, 0.15) is 13.3 Å². The van der Waals surface area contributed by atoms with Gasteiger partial charge in [0.1, 0.15) is 0 Å². The molecule has 4 amide bonds. The molecule has 0 aromatic heterocycles. The van der Waals surface area contributed by atoms with E-state index in [-0.39, 0.29) is 24.4 Å². The number of amides is 4. The van der Waals surface area contributed by atoms with Crippen LogP contribution >= 0.6 is 0 Å². The number of likely N-dealkylation sites (tertiary alicyclic amines) is 1. The maximum absolute atomic E-state index is 11.7. The van der Waals surface area contributed by atoms with E-state index in [0.29, 0.717) is 12.5 Å². The van der Waals surface area contributed by atoms with Crippen molar-refractivity contribution in [1.29, 1.82) is 0 Å². The van der Waals surface area contributed by atoms with Gasteiger partial charge in [-0.25, -0.2) is 4.79 Å². The normalized spacial score (nSPS) is 23.1. The van der Waals surface area contributed by atoms with Crippen LogP contribution in [-0.2, 0) is 9.59 Å². The fourth-order valence-corrected chi connectivity index (χ4v) is 2.16. The summed E-state index contributed by atoms with van der Waals surface area (Å²) < 4.78 is 0. The van der Waals surface area contributed by atoms with Gasteiger partial charge in [-0.2, -0.15) is 0 Å². The highest BCUT2D eigenvalue weighted by Gasteiger charge is 2.25. The zero-order chi connectivity index (χ0) is 13.1. The third-order valence-electron chi connectivity index (χ3n) is 3.22. The molecule has 0 spiro atoms. The summed E-state index contributed by atoms with van der Waals surface area (Å²) >= 11 is 0. The van der Waals surface area contributed by atoms with E-state index in [1.165, 1.54) is 12.2 Å². The minimum Gasteiger partial charge on any atom is -0.336 e. The number of hydrogen-bond donors (Lipinski definition) is 1. The number of hydrogen-bond acceptors (Lipinski definition) is 3. The van der Waals surface area contributed by atoms with E-state index in [1.807, 2.05) is 0 Å². The van der Waals surface area contributed by atoms with Crippen LogP contribution in [0.3, 0.4) is 0 Å². The van der Waals surface area contributed by atoms with Crippen LogP contribution in [-0.4, -0.2) is 53.8 Å². The second-order valence-electron chi connectivity index (χ2n) is 4.73. The Hall–Kier alpha value is -1.85. The molecule has 1 saturated heterocycles. The zero-order valence-corrected chi connectivity index (χ0v) is 10.4. The molecule has 2 aliphatic heterocycles. The molecule has 2 aliphatic rings. The number of nitrogens with one attached hydrogen (secondary N) is 1. The minimum absolute atomic E-state index is 0.119. The van der Waals surface area contributed by atoms with Crippen LogP contribution in [0.5, 0.6) is 0 Å². The van der Waals surface area contributed by atoms with Crippen molar-refractivity contribution in [2.75, 3.05) is 26.2 Å². The van der Waals surface area contributed by atoms with Gasteiger partial charge < -0.3 is 10.2 Å². The molecular weight excluding hydrogens is 234 g/mol. The molecule has 1 fully saturated rings. The average molecular weight is 251 g/mol. The Labute approximate surface area is 106 Å². The van der Waals surface area contributed by atoms with Gasteiger partial charge >= 0.3 is 6.03 Å². The second kappa shape index (κ2) is 5.20. The Morgan fingerprint density at radius 2 is 2.06 bits per heavy atom. The van der Waals surface area contributed by atoms with Crippen LogP contribution in [0.15, 0.2) is 12.2 Å². The van der Waals surface area contributed by atoms with Gasteiger partial charge in [0, 0.05) is 38.3 Å². The topological polar surface area (TPSA) is 69.7 Å². The van der Waals surface area contributed by atoms with Crippen molar-refractivity contribution in [2.24, 2.45) is 5.92 Å². The quantitative estimate of drug-likeness (QED) is 0.716. The summed E-state index contributed by atoms with van der Waals surface area (Å²) in [7, 11) is 0. The van der Waals surface area contributed by atoms with Crippen molar-refractivity contribution < 1.29 is 14.4 Å². The lowest BCUT2D eigenvalue weighted by molar-refractivity contribution is -0.136. The van der Waals surface area contributed by atoms with Crippen LogP contribution in [0.2, 0.25) is 0 Å². The van der Waals surface area contributed by atoms with Gasteiger partial charge in [-0.3, -0.25) is 14.5 Å². The first-order valence-corrected chi connectivity index (χ1v) is 6.14. The van der Waals surface area contributed by atoms with Gasteiger partial charge in [0.15, 0.2) is 0 Å². The van der Waals surface area contributed by atoms with Gasteiger partial charge in [0.2, 0.25) is 0 Å². The molecule has 0 aliphatic carbocycles. The van der Waals surface area contributed by atoms with Crippen molar-refractivity contribution >= 4 is 17.8 Å². The second-order valence-corrected chi connectivity index (χ2v) is 4.73. The molecule has 0 radical (unpaired) electrons. The standard InChI is InChI=1S/C12H17N3O3/c1-9-4-6-14(8-9)12(18)13-5-7-15-10(16)2-3-11(15)17/h2-3,9H,4-8H2,1H3,(H,13,18). The molecule has 0 aromatic rings. The lowest BCUT2D eigenvalue weighted by atomic mass is 10.2. The van der Waals surface area contributed by atoms with Crippen molar-refractivity contribution in [3.05, 3.63) is 12.2 Å². The van der Waals surface area contributed by atoms with Gasteiger partial charge in [0.05, 0.1) is 0 Å². The molecule has 0 saturated carbocycles. The summed E-state index contributed by atoms with van der Waals surface area (Å²) in [5.41, 5.74) is 0. The molecule has 98 valence electrons. The van der Waals surface area contributed by atoms with Gasteiger partial charge in [-0.1, -0.05) is 6.92 Å². The third kappa shape index (κ3) is 2.69. The Balaban J connectivity index is 1.71. The van der Waals surface area contributed by atoms with E-state index in [0.717, 1.165) is 24.4 Å². The molecule has 2 rings (SSSR count). The Morgan fingerprint density at radius 3 is 2.61 bits per heavy atom. The lowest BCUT2D eigenvalue weighted by Gasteiger charge is -2.18. The highest BCUT2D eigenvalue weighted by molar-refractivity contribution is 6.12. The number of carbonyl (C=O) groups excluding carboxylic acids is 3. The number of urea groups is 1. The molecule has 18 heavy (non-hydrogen) atoms. The van der Waals surface area contributed by atoms with E-state index >= 15 is 0 Å². The maximum atomic E-state index is 11.7. The van der Waals surface area contributed by atoms with Gasteiger partial charge in [-0.15, -0.1) is 0 Å². The summed E-state index contributed by atoms with van der Waals surface area (Å²) in [4.78, 5) is 37.1. The SMILES string of the molecule is CC1CCN(C(=O)NCCN2C(=O)C=CC2=O)C1. The molecule has 6 heteroatoms. The van der Waals surface area contributed by atoms with Gasteiger partial charge in [0.25, 0.3) is 11.8 Å². The number of rotatable bonds is 3. The summed E-state index contributed by atoms with van der Waals surface area (Å²) in [6.45, 7) is 4.17.